The Hall–Kier alpha value is -7.30. The largest absolute Gasteiger partial charge is 0.265 e. The number of rotatable bonds is 5. The van der Waals surface area contributed by atoms with Crippen LogP contribution in [0.5, 0.6) is 0 Å². The van der Waals surface area contributed by atoms with Crippen molar-refractivity contribution < 1.29 is 0 Å². The van der Waals surface area contributed by atoms with Gasteiger partial charge in [-0.3, -0.25) is 4.98 Å². The van der Waals surface area contributed by atoms with Crippen molar-refractivity contribution in [2.75, 3.05) is 0 Å². The Balaban J connectivity index is 0.999. The molecule has 1 aliphatic carbocycles. The van der Waals surface area contributed by atoms with Crippen LogP contribution in [0, 0.1) is 0 Å². The second-order valence-corrected chi connectivity index (χ2v) is 15.5. The normalized spacial score (nSPS) is 12.9. The zero-order valence-corrected chi connectivity index (χ0v) is 31.6. The fourth-order valence-corrected chi connectivity index (χ4v) is 8.85. The highest BCUT2D eigenvalue weighted by atomic mass is 15.0. The molecule has 8 aromatic carbocycles. The Morgan fingerprint density at radius 3 is 1.42 bits per heavy atom. The maximum Gasteiger partial charge on any atom is 0.164 e. The highest BCUT2D eigenvalue weighted by Gasteiger charge is 2.35. The van der Waals surface area contributed by atoms with Gasteiger partial charge in [0.25, 0.3) is 0 Å². The van der Waals surface area contributed by atoms with Gasteiger partial charge in [0.05, 0.1) is 0 Å². The van der Waals surface area contributed by atoms with E-state index in [0.717, 1.165) is 33.4 Å². The van der Waals surface area contributed by atoms with Crippen molar-refractivity contribution in [2.24, 2.45) is 0 Å². The summed E-state index contributed by atoms with van der Waals surface area (Å²) in [6.45, 7) is 4.71. The number of fused-ring (bicyclic) bond motifs is 9. The first-order valence-electron chi connectivity index (χ1n) is 19.5. The van der Waals surface area contributed by atoms with Gasteiger partial charge in [0.2, 0.25) is 0 Å². The Morgan fingerprint density at radius 1 is 0.316 bits per heavy atom. The zero-order valence-electron chi connectivity index (χ0n) is 31.6. The van der Waals surface area contributed by atoms with Crippen LogP contribution in [0.1, 0.15) is 25.0 Å². The maximum absolute atomic E-state index is 5.02. The van der Waals surface area contributed by atoms with Gasteiger partial charge in [0, 0.05) is 34.5 Å². The first kappa shape index (κ1) is 33.1. The van der Waals surface area contributed by atoms with Gasteiger partial charge in [-0.05, 0) is 107 Å². The van der Waals surface area contributed by atoms with Crippen LogP contribution in [0.15, 0.2) is 182 Å². The number of hydrogen-bond donors (Lipinski definition) is 0. The average molecular weight is 729 g/mol. The minimum absolute atomic E-state index is 0.0510. The lowest BCUT2D eigenvalue weighted by molar-refractivity contribution is 0.661. The van der Waals surface area contributed by atoms with Crippen molar-refractivity contribution in [3.63, 3.8) is 0 Å². The predicted octanol–water partition coefficient (Wildman–Crippen LogP) is 13.4. The Kier molecular flexibility index (Phi) is 7.48. The van der Waals surface area contributed by atoms with Crippen LogP contribution in [0.25, 0.3) is 99.9 Å². The Morgan fingerprint density at radius 2 is 0.772 bits per heavy atom. The van der Waals surface area contributed by atoms with E-state index in [1.54, 1.807) is 0 Å². The molecule has 0 aliphatic heterocycles. The fourth-order valence-electron chi connectivity index (χ4n) is 8.85. The van der Waals surface area contributed by atoms with Gasteiger partial charge in [0.15, 0.2) is 17.5 Å². The molecule has 0 atom stereocenters. The standard InChI is InChI=1S/C53H36N4/c1-53(2)48-15-9-8-14-43(48)47-31-45-42-25-24-39(30-44(42)40-12-6-7-13-41(40)46(45)32-49(47)53)34-18-22-38(23-19-34)52-56-50(36-10-4-3-5-11-36)55-51(57-52)37-20-16-33(17-21-37)35-26-28-54-29-27-35/h3-32H,1-2H3. The second kappa shape index (κ2) is 12.9. The Bertz CT molecular complexity index is 3170. The zero-order chi connectivity index (χ0) is 38.1. The van der Waals surface area contributed by atoms with Gasteiger partial charge in [-0.2, -0.15) is 0 Å². The van der Waals surface area contributed by atoms with E-state index in [4.69, 9.17) is 15.0 Å². The van der Waals surface area contributed by atoms with E-state index in [-0.39, 0.29) is 5.41 Å². The smallest absolute Gasteiger partial charge is 0.164 e. The summed E-state index contributed by atoms with van der Waals surface area (Å²) in [5.74, 6) is 1.91. The van der Waals surface area contributed by atoms with E-state index in [1.807, 2.05) is 54.9 Å². The van der Waals surface area contributed by atoms with Crippen molar-refractivity contribution in [1.82, 2.24) is 19.9 Å². The molecule has 0 radical (unpaired) electrons. The summed E-state index contributed by atoms with van der Waals surface area (Å²) in [7, 11) is 0. The monoisotopic (exact) mass is 728 g/mol. The summed E-state index contributed by atoms with van der Waals surface area (Å²) < 4.78 is 0. The molecule has 0 unspecified atom stereocenters. The third-order valence-electron chi connectivity index (χ3n) is 11.8. The SMILES string of the molecule is CC1(C)c2ccccc2-c2cc3c4ccc(-c5ccc(-c6nc(-c7ccccc7)nc(-c7ccc(-c8ccncc8)cc7)n6)cc5)cc4c4ccccc4c3cc21. The summed E-state index contributed by atoms with van der Waals surface area (Å²) in [4.78, 5) is 19.1. The van der Waals surface area contributed by atoms with E-state index in [2.05, 4.69) is 146 Å². The van der Waals surface area contributed by atoms with Crippen LogP contribution in [0.2, 0.25) is 0 Å². The predicted molar refractivity (Wildman–Crippen MR) is 235 cm³/mol. The van der Waals surface area contributed by atoms with Gasteiger partial charge >= 0.3 is 0 Å². The molecule has 0 fully saturated rings. The number of aromatic nitrogens is 4. The highest BCUT2D eigenvalue weighted by Crippen LogP contribution is 2.51. The average Bonchev–Trinajstić information content (AvgIpc) is 3.51. The first-order chi connectivity index (χ1) is 28.0. The van der Waals surface area contributed by atoms with Gasteiger partial charge in [-0.25, -0.2) is 15.0 Å². The minimum atomic E-state index is -0.0510. The lowest BCUT2D eigenvalue weighted by Gasteiger charge is -2.22. The summed E-state index contributed by atoms with van der Waals surface area (Å²) >= 11 is 0. The molecule has 11 rings (SSSR count). The topological polar surface area (TPSA) is 51.6 Å². The molecule has 10 aromatic rings. The summed E-state index contributed by atoms with van der Waals surface area (Å²) in [5.41, 5.74) is 12.8. The second-order valence-electron chi connectivity index (χ2n) is 15.5. The summed E-state index contributed by atoms with van der Waals surface area (Å²) in [6.07, 6.45) is 3.62. The van der Waals surface area contributed by atoms with Crippen LogP contribution in [0.3, 0.4) is 0 Å². The third kappa shape index (κ3) is 5.44. The first-order valence-corrected chi connectivity index (χ1v) is 19.5. The highest BCUT2D eigenvalue weighted by molar-refractivity contribution is 6.26. The maximum atomic E-state index is 5.02. The molecule has 268 valence electrons. The van der Waals surface area contributed by atoms with E-state index in [9.17, 15) is 0 Å². The van der Waals surface area contributed by atoms with Crippen LogP contribution in [0.4, 0.5) is 0 Å². The number of pyridine rings is 1. The molecule has 0 N–H and O–H groups in total. The molecule has 0 saturated carbocycles. The lowest BCUT2D eigenvalue weighted by Crippen LogP contribution is -2.14. The van der Waals surface area contributed by atoms with Crippen molar-refractivity contribution >= 4 is 32.3 Å². The van der Waals surface area contributed by atoms with Crippen LogP contribution in [-0.4, -0.2) is 19.9 Å². The third-order valence-corrected chi connectivity index (χ3v) is 11.8. The molecule has 2 heterocycles. The summed E-state index contributed by atoms with van der Waals surface area (Å²) in [6, 6.07) is 60.7. The molecule has 4 nitrogen and oxygen atoms in total. The van der Waals surface area contributed by atoms with Gasteiger partial charge in [-0.15, -0.1) is 0 Å². The van der Waals surface area contributed by atoms with E-state index in [1.165, 1.54) is 60.1 Å². The number of benzene rings is 8. The lowest BCUT2D eigenvalue weighted by atomic mass is 9.81. The quantitative estimate of drug-likeness (QED) is 0.166. The summed E-state index contributed by atoms with van der Waals surface area (Å²) in [5, 5.41) is 7.69. The molecular formula is C53H36N4. The molecule has 0 spiro atoms. The van der Waals surface area contributed by atoms with Crippen LogP contribution in [-0.2, 0) is 5.41 Å². The van der Waals surface area contributed by atoms with Crippen molar-refractivity contribution in [3.05, 3.63) is 193 Å². The molecule has 2 aromatic heterocycles. The Labute approximate surface area is 331 Å². The van der Waals surface area contributed by atoms with E-state index < -0.39 is 0 Å². The molecule has 57 heavy (non-hydrogen) atoms. The van der Waals surface area contributed by atoms with Crippen molar-refractivity contribution in [2.45, 2.75) is 19.3 Å². The van der Waals surface area contributed by atoms with Crippen molar-refractivity contribution in [1.29, 1.82) is 0 Å². The molecule has 0 saturated heterocycles. The van der Waals surface area contributed by atoms with Crippen molar-refractivity contribution in [3.8, 4) is 67.5 Å². The van der Waals surface area contributed by atoms with Gasteiger partial charge < -0.3 is 0 Å². The molecular weight excluding hydrogens is 693 g/mol. The van der Waals surface area contributed by atoms with Crippen LogP contribution < -0.4 is 0 Å². The van der Waals surface area contributed by atoms with Gasteiger partial charge in [-0.1, -0.05) is 153 Å². The number of hydrogen-bond acceptors (Lipinski definition) is 4. The molecule has 4 heteroatoms. The van der Waals surface area contributed by atoms with Gasteiger partial charge in [0.1, 0.15) is 0 Å². The van der Waals surface area contributed by atoms with Crippen LogP contribution >= 0.6 is 0 Å². The van der Waals surface area contributed by atoms with E-state index in [0.29, 0.717) is 17.5 Å². The number of nitrogens with zero attached hydrogens (tertiary/aromatic N) is 4. The molecule has 0 amide bonds. The molecule has 0 bridgehead atoms. The minimum Gasteiger partial charge on any atom is -0.265 e. The molecule has 1 aliphatic rings. The van der Waals surface area contributed by atoms with E-state index >= 15 is 0 Å². The fraction of sp³-hybridized carbons (Fsp3) is 0.0566.